The van der Waals surface area contributed by atoms with Crippen molar-refractivity contribution >= 4 is 39.2 Å². The SMILES string of the molecule is O=C[C@H](CC(=O)O)NC(=O)c1ccc(CNS(=O)(=O)c2ccc3o[nH]c(=O)c3c2)nc1. The van der Waals surface area contributed by atoms with Gasteiger partial charge in [-0.2, -0.15) is 5.16 Å². The van der Waals surface area contributed by atoms with Crippen molar-refractivity contribution in [3.05, 3.63) is 58.1 Å². The predicted octanol–water partition coefficient (Wildman–Crippen LogP) is -0.233. The van der Waals surface area contributed by atoms with Gasteiger partial charge in [0.15, 0.2) is 5.58 Å². The van der Waals surface area contributed by atoms with Crippen LogP contribution >= 0.6 is 0 Å². The van der Waals surface area contributed by atoms with Gasteiger partial charge >= 0.3 is 5.97 Å². The smallest absolute Gasteiger partial charge is 0.305 e. The fraction of sp³-hybridized carbons (Fsp3) is 0.167. The van der Waals surface area contributed by atoms with Gasteiger partial charge in [-0.3, -0.25) is 19.4 Å². The number of nitrogens with zero attached hydrogens (tertiary/aromatic N) is 1. The highest BCUT2D eigenvalue weighted by Crippen LogP contribution is 2.16. The minimum Gasteiger partial charge on any atom is -0.481 e. The second-order valence-electron chi connectivity index (χ2n) is 6.37. The summed E-state index contributed by atoms with van der Waals surface area (Å²) in [5.41, 5.74) is 0.0238. The molecule has 1 amide bonds. The molecule has 4 N–H and O–H groups in total. The average Bonchev–Trinajstić information content (AvgIpc) is 3.12. The van der Waals surface area contributed by atoms with Crippen LogP contribution in [0.5, 0.6) is 0 Å². The molecular formula is C18H16N4O8S. The van der Waals surface area contributed by atoms with E-state index in [-0.39, 0.29) is 28.0 Å². The number of aromatic amines is 1. The summed E-state index contributed by atoms with van der Waals surface area (Å²) in [6.07, 6.45) is 0.926. The lowest BCUT2D eigenvalue weighted by molar-refractivity contribution is -0.138. The molecular weight excluding hydrogens is 432 g/mol. The number of fused-ring (bicyclic) bond motifs is 1. The maximum Gasteiger partial charge on any atom is 0.305 e. The van der Waals surface area contributed by atoms with Gasteiger partial charge < -0.3 is 19.7 Å². The first-order valence-electron chi connectivity index (χ1n) is 8.73. The summed E-state index contributed by atoms with van der Waals surface area (Å²) in [4.78, 5) is 49.0. The van der Waals surface area contributed by atoms with E-state index in [0.717, 1.165) is 0 Å². The number of sulfonamides is 1. The van der Waals surface area contributed by atoms with Crippen LogP contribution in [0.4, 0.5) is 0 Å². The number of carboxylic acid groups (broad SMARTS) is 1. The topological polar surface area (TPSA) is 189 Å². The highest BCUT2D eigenvalue weighted by Gasteiger charge is 2.18. The lowest BCUT2D eigenvalue weighted by Crippen LogP contribution is -2.37. The standard InChI is InChI=1S/C18H16N4O8S/c23-9-12(5-16(24)25)21-17(26)10-1-2-11(19-7-10)8-20-31(28,29)13-3-4-15-14(6-13)18(27)22-30-15/h1-4,6-7,9,12,20H,5,8H2,(H,21,26)(H,22,27)(H,24,25)/t12-/m0/s1. The largest absolute Gasteiger partial charge is 0.481 e. The second kappa shape index (κ2) is 8.89. The summed E-state index contributed by atoms with van der Waals surface area (Å²) in [5, 5.41) is 13.2. The Morgan fingerprint density at radius 2 is 2.03 bits per heavy atom. The molecule has 3 aromatic rings. The number of hydrogen-bond acceptors (Lipinski definition) is 8. The number of aldehydes is 1. The van der Waals surface area contributed by atoms with Gasteiger partial charge in [0.05, 0.1) is 40.5 Å². The highest BCUT2D eigenvalue weighted by molar-refractivity contribution is 7.89. The third kappa shape index (κ3) is 5.21. The van der Waals surface area contributed by atoms with Crippen molar-refractivity contribution in [2.75, 3.05) is 0 Å². The Labute approximate surface area is 174 Å². The zero-order valence-corrected chi connectivity index (χ0v) is 16.5. The number of carbonyl (C=O) groups is 3. The summed E-state index contributed by atoms with van der Waals surface area (Å²) < 4.78 is 32.2. The van der Waals surface area contributed by atoms with E-state index in [2.05, 4.69) is 20.2 Å². The zero-order chi connectivity index (χ0) is 22.6. The quantitative estimate of drug-likeness (QED) is 0.320. The van der Waals surface area contributed by atoms with E-state index in [4.69, 9.17) is 9.63 Å². The molecule has 0 saturated heterocycles. The Hall–Kier alpha value is -3.84. The van der Waals surface area contributed by atoms with Crippen LogP contribution in [-0.4, -0.2) is 47.9 Å². The third-order valence-corrected chi connectivity index (χ3v) is 5.56. The van der Waals surface area contributed by atoms with Crippen LogP contribution in [-0.2, 0) is 26.2 Å². The number of pyridine rings is 1. The van der Waals surface area contributed by atoms with E-state index in [1.165, 1.54) is 36.5 Å². The molecule has 2 aromatic heterocycles. The van der Waals surface area contributed by atoms with Gasteiger partial charge in [0.1, 0.15) is 6.29 Å². The molecule has 0 aliphatic heterocycles. The zero-order valence-electron chi connectivity index (χ0n) is 15.7. The molecule has 162 valence electrons. The Balaban J connectivity index is 1.65. The lowest BCUT2D eigenvalue weighted by atomic mass is 10.2. The van der Waals surface area contributed by atoms with Crippen molar-refractivity contribution in [2.24, 2.45) is 0 Å². The lowest BCUT2D eigenvalue weighted by Gasteiger charge is -2.11. The molecule has 0 radical (unpaired) electrons. The minimum absolute atomic E-state index is 0.0634. The Morgan fingerprint density at radius 3 is 2.68 bits per heavy atom. The number of aliphatic carboxylic acids is 1. The maximum absolute atomic E-state index is 12.5. The van der Waals surface area contributed by atoms with Crippen LogP contribution in [0, 0.1) is 0 Å². The molecule has 0 aliphatic carbocycles. The molecule has 13 heteroatoms. The Morgan fingerprint density at radius 1 is 1.26 bits per heavy atom. The molecule has 0 bridgehead atoms. The first-order valence-corrected chi connectivity index (χ1v) is 10.2. The Bertz CT molecular complexity index is 1290. The normalized spacial score (nSPS) is 12.4. The van der Waals surface area contributed by atoms with Gasteiger partial charge in [0.25, 0.3) is 11.5 Å². The first kappa shape index (κ1) is 21.9. The molecule has 31 heavy (non-hydrogen) atoms. The van der Waals surface area contributed by atoms with Crippen LogP contribution < -0.4 is 15.6 Å². The van der Waals surface area contributed by atoms with Crippen LogP contribution in [0.15, 0.2) is 50.7 Å². The summed E-state index contributed by atoms with van der Waals surface area (Å²) in [6.45, 7) is -0.194. The van der Waals surface area contributed by atoms with Gasteiger partial charge in [0.2, 0.25) is 10.0 Å². The van der Waals surface area contributed by atoms with Gasteiger partial charge in [-0.1, -0.05) is 0 Å². The predicted molar refractivity (Wildman–Crippen MR) is 105 cm³/mol. The number of rotatable bonds is 9. The minimum atomic E-state index is -3.96. The van der Waals surface area contributed by atoms with Gasteiger partial charge in [0, 0.05) is 6.20 Å². The molecule has 2 heterocycles. The fourth-order valence-corrected chi connectivity index (χ4v) is 3.61. The summed E-state index contributed by atoms with van der Waals surface area (Å²) in [6, 6.07) is 5.38. The number of carboxylic acids is 1. The first-order chi connectivity index (χ1) is 14.7. The number of H-pyrrole nitrogens is 1. The van der Waals surface area contributed by atoms with Crippen molar-refractivity contribution in [1.82, 2.24) is 20.2 Å². The number of amides is 1. The van der Waals surface area contributed by atoms with E-state index in [9.17, 15) is 27.6 Å². The van der Waals surface area contributed by atoms with Crippen molar-refractivity contribution in [3.8, 4) is 0 Å². The molecule has 0 aliphatic rings. The van der Waals surface area contributed by atoms with Crippen LogP contribution in [0.3, 0.4) is 0 Å². The second-order valence-corrected chi connectivity index (χ2v) is 8.13. The summed E-state index contributed by atoms with van der Waals surface area (Å²) >= 11 is 0. The molecule has 0 saturated carbocycles. The number of carbonyl (C=O) groups excluding carboxylic acids is 2. The highest BCUT2D eigenvalue weighted by atomic mass is 32.2. The summed E-state index contributed by atoms with van der Waals surface area (Å²) in [7, 11) is -3.96. The van der Waals surface area contributed by atoms with Crippen molar-refractivity contribution in [1.29, 1.82) is 0 Å². The molecule has 12 nitrogen and oxygen atoms in total. The molecule has 0 unspecified atom stereocenters. The third-order valence-electron chi connectivity index (χ3n) is 4.17. The van der Waals surface area contributed by atoms with Crippen LogP contribution in [0.1, 0.15) is 22.5 Å². The van der Waals surface area contributed by atoms with Gasteiger partial charge in [-0.05, 0) is 30.3 Å². The van der Waals surface area contributed by atoms with Crippen molar-refractivity contribution in [3.63, 3.8) is 0 Å². The molecule has 1 atom stereocenters. The van der Waals surface area contributed by atoms with E-state index in [1.807, 2.05) is 0 Å². The van der Waals surface area contributed by atoms with Crippen LogP contribution in [0.2, 0.25) is 0 Å². The van der Waals surface area contributed by atoms with E-state index in [1.54, 1.807) is 0 Å². The summed E-state index contributed by atoms with van der Waals surface area (Å²) in [5.74, 6) is -1.94. The van der Waals surface area contributed by atoms with Gasteiger partial charge in [-0.25, -0.2) is 13.1 Å². The molecule has 3 rings (SSSR count). The number of nitrogens with one attached hydrogen (secondary N) is 3. The number of hydrogen-bond donors (Lipinski definition) is 4. The van der Waals surface area contributed by atoms with Crippen molar-refractivity contribution < 1.29 is 32.4 Å². The average molecular weight is 448 g/mol. The maximum atomic E-state index is 12.5. The van der Waals surface area contributed by atoms with Crippen molar-refractivity contribution in [2.45, 2.75) is 23.9 Å². The molecule has 1 aromatic carbocycles. The van der Waals surface area contributed by atoms with E-state index < -0.39 is 39.9 Å². The molecule has 0 fully saturated rings. The molecule has 0 spiro atoms. The monoisotopic (exact) mass is 448 g/mol. The van der Waals surface area contributed by atoms with E-state index >= 15 is 0 Å². The number of aromatic nitrogens is 2. The number of benzene rings is 1. The van der Waals surface area contributed by atoms with E-state index in [0.29, 0.717) is 12.0 Å². The fourth-order valence-electron chi connectivity index (χ4n) is 2.59. The van der Waals surface area contributed by atoms with Gasteiger partial charge in [-0.15, -0.1) is 0 Å². The van der Waals surface area contributed by atoms with Crippen LogP contribution in [0.25, 0.3) is 11.0 Å². The Kier molecular flexibility index (Phi) is 6.27.